The van der Waals surface area contributed by atoms with Crippen molar-refractivity contribution in [1.82, 2.24) is 0 Å². The molecule has 0 spiro atoms. The molecule has 0 saturated heterocycles. The topological polar surface area (TPSA) is 61.8 Å². The minimum atomic E-state index is -1.02. The summed E-state index contributed by atoms with van der Waals surface area (Å²) in [5.41, 5.74) is 0.884. The summed E-state index contributed by atoms with van der Waals surface area (Å²) in [5.74, 6) is 0. The Morgan fingerprint density at radius 2 is 1.65 bits per heavy atom. The van der Waals surface area contributed by atoms with E-state index in [9.17, 15) is 9.59 Å². The van der Waals surface area contributed by atoms with E-state index in [2.05, 4.69) is 18.6 Å². The molecule has 1 atom stereocenters. The lowest BCUT2D eigenvalue weighted by Crippen LogP contribution is -2.18. The van der Waals surface area contributed by atoms with Gasteiger partial charge in [0.1, 0.15) is 6.10 Å². The standard InChI is InChI=1S/C18H26O5/c1-3-5-10-14-21-17(19)23-18(20)22-16(13-6-4-2)15-11-8-7-9-12-15/h7-9,11-12,16H,3-6,10,13-14H2,1-2H3. The Hall–Kier alpha value is -2.04. The molecule has 0 amide bonds. The van der Waals surface area contributed by atoms with E-state index in [0.717, 1.165) is 37.7 Å². The van der Waals surface area contributed by atoms with Crippen LogP contribution in [0.4, 0.5) is 9.59 Å². The van der Waals surface area contributed by atoms with Gasteiger partial charge in [-0.25, -0.2) is 9.59 Å². The van der Waals surface area contributed by atoms with Crippen LogP contribution in [0.15, 0.2) is 30.3 Å². The maximum atomic E-state index is 11.7. The monoisotopic (exact) mass is 322 g/mol. The number of ether oxygens (including phenoxy) is 3. The molecule has 0 radical (unpaired) electrons. The second kappa shape index (κ2) is 11.5. The summed E-state index contributed by atoms with van der Waals surface area (Å²) < 4.78 is 14.6. The third kappa shape index (κ3) is 8.24. The van der Waals surface area contributed by atoms with Gasteiger partial charge in [0.05, 0.1) is 6.61 Å². The molecular formula is C18H26O5. The maximum absolute atomic E-state index is 11.7. The fraction of sp³-hybridized carbons (Fsp3) is 0.556. The molecule has 1 unspecified atom stereocenters. The summed E-state index contributed by atoms with van der Waals surface area (Å²) in [6, 6.07) is 9.43. The first-order valence-electron chi connectivity index (χ1n) is 8.27. The summed E-state index contributed by atoms with van der Waals surface area (Å²) in [6.45, 7) is 4.36. The van der Waals surface area contributed by atoms with Gasteiger partial charge in [-0.1, -0.05) is 63.4 Å². The predicted molar refractivity (Wildman–Crippen MR) is 87.1 cm³/mol. The van der Waals surface area contributed by atoms with Crippen LogP contribution in [0.2, 0.25) is 0 Å². The lowest BCUT2D eigenvalue weighted by molar-refractivity contribution is 0.0127. The number of unbranched alkanes of at least 4 members (excludes halogenated alkanes) is 3. The minimum absolute atomic E-state index is 0.248. The molecule has 0 N–H and O–H groups in total. The van der Waals surface area contributed by atoms with Crippen molar-refractivity contribution in [2.75, 3.05) is 6.61 Å². The van der Waals surface area contributed by atoms with Crippen molar-refractivity contribution >= 4 is 12.3 Å². The number of hydrogen-bond donors (Lipinski definition) is 0. The Labute approximate surface area is 137 Å². The van der Waals surface area contributed by atoms with Crippen LogP contribution in [0.3, 0.4) is 0 Å². The first-order valence-corrected chi connectivity index (χ1v) is 8.27. The SMILES string of the molecule is CCCCCOC(=O)OC(=O)OC(CCCC)c1ccccc1. The summed E-state index contributed by atoms with van der Waals surface area (Å²) in [5, 5.41) is 0. The predicted octanol–water partition coefficient (Wildman–Crippen LogP) is 5.40. The Morgan fingerprint density at radius 1 is 0.957 bits per heavy atom. The Balaban J connectivity index is 2.45. The second-order valence-electron chi connectivity index (χ2n) is 5.32. The highest BCUT2D eigenvalue weighted by molar-refractivity contribution is 5.77. The third-order valence-electron chi connectivity index (χ3n) is 3.36. The van der Waals surface area contributed by atoms with Gasteiger partial charge in [-0.05, 0) is 24.8 Å². The number of benzene rings is 1. The number of rotatable bonds is 9. The molecule has 1 rings (SSSR count). The smallest absolute Gasteiger partial charge is 0.434 e. The lowest BCUT2D eigenvalue weighted by atomic mass is 10.0. The van der Waals surface area contributed by atoms with Gasteiger partial charge < -0.3 is 14.2 Å². The van der Waals surface area contributed by atoms with Gasteiger partial charge in [0, 0.05) is 0 Å². The molecule has 1 aromatic rings. The van der Waals surface area contributed by atoms with Crippen molar-refractivity contribution < 1.29 is 23.8 Å². The molecule has 0 saturated carbocycles. The molecule has 128 valence electrons. The van der Waals surface area contributed by atoms with Crippen LogP contribution in [-0.2, 0) is 14.2 Å². The van der Waals surface area contributed by atoms with E-state index in [4.69, 9.17) is 9.47 Å². The van der Waals surface area contributed by atoms with Crippen molar-refractivity contribution in [3.05, 3.63) is 35.9 Å². The van der Waals surface area contributed by atoms with E-state index >= 15 is 0 Å². The minimum Gasteiger partial charge on any atom is -0.434 e. The number of carbonyl (C=O) groups excluding carboxylic acids is 2. The highest BCUT2D eigenvalue weighted by Gasteiger charge is 2.20. The quantitative estimate of drug-likeness (QED) is 0.346. The molecular weight excluding hydrogens is 296 g/mol. The van der Waals surface area contributed by atoms with Gasteiger partial charge in [-0.3, -0.25) is 0 Å². The van der Waals surface area contributed by atoms with E-state index in [0.29, 0.717) is 6.42 Å². The number of carbonyl (C=O) groups is 2. The van der Waals surface area contributed by atoms with Crippen LogP contribution >= 0.6 is 0 Å². The highest BCUT2D eigenvalue weighted by atomic mass is 16.8. The average molecular weight is 322 g/mol. The van der Waals surface area contributed by atoms with Gasteiger partial charge in [0.2, 0.25) is 0 Å². The van der Waals surface area contributed by atoms with Crippen LogP contribution in [-0.4, -0.2) is 18.9 Å². The molecule has 0 aliphatic rings. The van der Waals surface area contributed by atoms with Crippen molar-refractivity contribution in [3.63, 3.8) is 0 Å². The van der Waals surface area contributed by atoms with Gasteiger partial charge in [-0.15, -0.1) is 0 Å². The normalized spacial score (nSPS) is 11.6. The van der Waals surface area contributed by atoms with Crippen molar-refractivity contribution in [2.24, 2.45) is 0 Å². The van der Waals surface area contributed by atoms with Crippen molar-refractivity contribution in [3.8, 4) is 0 Å². The molecule has 5 heteroatoms. The van der Waals surface area contributed by atoms with E-state index in [-0.39, 0.29) is 6.61 Å². The van der Waals surface area contributed by atoms with Gasteiger partial charge in [0.15, 0.2) is 0 Å². The van der Waals surface area contributed by atoms with Crippen LogP contribution in [0.5, 0.6) is 0 Å². The molecule has 0 aliphatic carbocycles. The van der Waals surface area contributed by atoms with Crippen LogP contribution < -0.4 is 0 Å². The molecule has 0 aromatic heterocycles. The van der Waals surface area contributed by atoms with E-state index < -0.39 is 18.4 Å². The Bertz CT molecular complexity index is 458. The van der Waals surface area contributed by atoms with Crippen LogP contribution in [0.25, 0.3) is 0 Å². The number of hydrogen-bond acceptors (Lipinski definition) is 5. The third-order valence-corrected chi connectivity index (χ3v) is 3.36. The molecule has 5 nitrogen and oxygen atoms in total. The Morgan fingerprint density at radius 3 is 2.30 bits per heavy atom. The van der Waals surface area contributed by atoms with E-state index in [1.165, 1.54) is 0 Å². The van der Waals surface area contributed by atoms with E-state index in [1.807, 2.05) is 30.3 Å². The zero-order valence-electron chi connectivity index (χ0n) is 14.0. The van der Waals surface area contributed by atoms with Gasteiger partial charge in [0.25, 0.3) is 0 Å². The summed E-state index contributed by atoms with van der Waals surface area (Å²) in [7, 11) is 0. The van der Waals surface area contributed by atoms with Gasteiger partial charge >= 0.3 is 12.3 Å². The average Bonchev–Trinajstić information content (AvgIpc) is 2.56. The first kappa shape index (κ1) is 19.0. The highest BCUT2D eigenvalue weighted by Crippen LogP contribution is 2.24. The van der Waals surface area contributed by atoms with Gasteiger partial charge in [-0.2, -0.15) is 0 Å². The van der Waals surface area contributed by atoms with E-state index in [1.54, 1.807) is 0 Å². The molecule has 0 aliphatic heterocycles. The molecule has 1 aromatic carbocycles. The fourth-order valence-corrected chi connectivity index (χ4v) is 2.10. The molecule has 0 fully saturated rings. The molecule has 0 bridgehead atoms. The zero-order valence-corrected chi connectivity index (χ0v) is 14.0. The van der Waals surface area contributed by atoms with Crippen molar-refractivity contribution in [2.45, 2.75) is 58.5 Å². The largest absolute Gasteiger partial charge is 0.519 e. The summed E-state index contributed by atoms with van der Waals surface area (Å²) in [6.07, 6.45) is 2.88. The second-order valence-corrected chi connectivity index (χ2v) is 5.32. The fourth-order valence-electron chi connectivity index (χ4n) is 2.10. The Kier molecular flexibility index (Phi) is 9.52. The zero-order chi connectivity index (χ0) is 16.9. The van der Waals surface area contributed by atoms with Crippen LogP contribution in [0.1, 0.15) is 64.0 Å². The summed E-state index contributed by atoms with van der Waals surface area (Å²) in [4.78, 5) is 23.1. The first-order chi connectivity index (χ1) is 11.2. The van der Waals surface area contributed by atoms with Crippen LogP contribution in [0, 0.1) is 0 Å². The molecule has 23 heavy (non-hydrogen) atoms. The summed E-state index contributed by atoms with van der Waals surface area (Å²) >= 11 is 0. The van der Waals surface area contributed by atoms with Crippen molar-refractivity contribution in [1.29, 1.82) is 0 Å². The lowest BCUT2D eigenvalue weighted by Gasteiger charge is -2.17. The molecule has 0 heterocycles. The maximum Gasteiger partial charge on any atom is 0.519 e.